The van der Waals surface area contributed by atoms with Crippen molar-refractivity contribution >= 4 is 35.1 Å². The van der Waals surface area contributed by atoms with Gasteiger partial charge in [-0.15, -0.1) is 5.10 Å². The minimum atomic E-state index is -0.287. The number of carbonyl (C=O) groups is 1. The Balaban J connectivity index is 1.72. The molecule has 0 saturated carbocycles. The fourth-order valence-corrected chi connectivity index (χ4v) is 2.74. The highest BCUT2D eigenvalue weighted by atomic mass is 35.5. The Bertz CT molecular complexity index is 911. The second kappa shape index (κ2) is 7.55. The number of carbonyl (C=O) groups excluding carboxylic acids is 1. The summed E-state index contributed by atoms with van der Waals surface area (Å²) in [5, 5.41) is 10.5. The van der Waals surface area contributed by atoms with Gasteiger partial charge in [-0.1, -0.05) is 35.3 Å². The molecule has 0 unspecified atom stereocenters. The predicted octanol–water partition coefficient (Wildman–Crippen LogP) is 3.97. The first-order valence-corrected chi connectivity index (χ1v) is 8.12. The number of benzene rings is 2. The van der Waals surface area contributed by atoms with Crippen LogP contribution in [0, 0.1) is 0 Å². The second-order valence-electron chi connectivity index (χ2n) is 5.17. The number of ether oxygens (including phenoxy) is 1. The minimum Gasteiger partial charge on any atom is -0.496 e. The fourth-order valence-electron chi connectivity index (χ4n) is 2.32. The maximum Gasteiger partial charge on any atom is 0.249 e. The van der Waals surface area contributed by atoms with Crippen LogP contribution in [-0.4, -0.2) is 28.2 Å². The van der Waals surface area contributed by atoms with Gasteiger partial charge >= 0.3 is 0 Å². The number of halogens is 2. The summed E-state index contributed by atoms with van der Waals surface area (Å²) < 4.78 is 5.24. The van der Waals surface area contributed by atoms with Gasteiger partial charge in [0.25, 0.3) is 0 Å². The van der Waals surface area contributed by atoms with E-state index in [0.717, 1.165) is 0 Å². The quantitative estimate of drug-likeness (QED) is 0.705. The number of rotatable bonds is 5. The van der Waals surface area contributed by atoms with Crippen LogP contribution in [0.15, 0.2) is 42.5 Å². The smallest absolute Gasteiger partial charge is 0.249 e. The lowest BCUT2D eigenvalue weighted by molar-refractivity contribution is -0.115. The van der Waals surface area contributed by atoms with E-state index in [1.165, 1.54) is 7.11 Å². The van der Waals surface area contributed by atoms with Gasteiger partial charge in [0.05, 0.1) is 18.6 Å². The Morgan fingerprint density at radius 3 is 2.80 bits per heavy atom. The molecular weight excluding hydrogens is 363 g/mol. The van der Waals surface area contributed by atoms with Crippen molar-refractivity contribution in [1.29, 1.82) is 0 Å². The molecular formula is C17H14Cl2N4O2. The summed E-state index contributed by atoms with van der Waals surface area (Å²) in [5.74, 6) is 0.943. The van der Waals surface area contributed by atoms with E-state index in [9.17, 15) is 4.79 Å². The molecule has 3 rings (SSSR count). The number of anilines is 1. The van der Waals surface area contributed by atoms with Crippen LogP contribution in [0.3, 0.4) is 0 Å². The van der Waals surface area contributed by atoms with Crippen molar-refractivity contribution in [2.75, 3.05) is 12.4 Å². The Kier molecular flexibility index (Phi) is 5.21. The Labute approximate surface area is 154 Å². The highest BCUT2D eigenvalue weighted by molar-refractivity contribution is 6.33. The maximum absolute atomic E-state index is 12.2. The van der Waals surface area contributed by atoms with Crippen LogP contribution in [0.1, 0.15) is 5.56 Å². The number of nitrogens with one attached hydrogen (secondary N) is 2. The van der Waals surface area contributed by atoms with Gasteiger partial charge in [-0.05, 0) is 30.3 Å². The van der Waals surface area contributed by atoms with E-state index >= 15 is 0 Å². The molecule has 25 heavy (non-hydrogen) atoms. The molecule has 0 atom stereocenters. The summed E-state index contributed by atoms with van der Waals surface area (Å²) in [6.07, 6.45) is 0.0830. The summed E-state index contributed by atoms with van der Waals surface area (Å²) >= 11 is 12.1. The van der Waals surface area contributed by atoms with Gasteiger partial charge in [-0.25, -0.2) is 0 Å². The van der Waals surface area contributed by atoms with E-state index in [1.54, 1.807) is 24.3 Å². The molecule has 0 spiro atoms. The molecule has 2 aromatic carbocycles. The second-order valence-corrected chi connectivity index (χ2v) is 6.01. The van der Waals surface area contributed by atoms with E-state index in [4.69, 9.17) is 27.9 Å². The number of amides is 1. The lowest BCUT2D eigenvalue weighted by atomic mass is 10.1. The monoisotopic (exact) mass is 376 g/mol. The summed E-state index contributed by atoms with van der Waals surface area (Å²) in [7, 11) is 1.54. The first-order valence-electron chi connectivity index (χ1n) is 7.36. The molecule has 2 N–H and O–H groups in total. The van der Waals surface area contributed by atoms with Crippen molar-refractivity contribution in [3.63, 3.8) is 0 Å². The number of hydrogen-bond acceptors (Lipinski definition) is 4. The third kappa shape index (κ3) is 4.10. The first-order chi connectivity index (χ1) is 12.1. The third-order valence-electron chi connectivity index (χ3n) is 3.46. The van der Waals surface area contributed by atoms with Crippen LogP contribution >= 0.6 is 23.2 Å². The normalized spacial score (nSPS) is 10.5. The molecule has 0 saturated heterocycles. The number of aromatic nitrogens is 3. The Morgan fingerprint density at radius 2 is 2.04 bits per heavy atom. The highest BCUT2D eigenvalue weighted by Crippen LogP contribution is 2.25. The van der Waals surface area contributed by atoms with Crippen LogP contribution in [0.25, 0.3) is 11.4 Å². The maximum atomic E-state index is 12.2. The van der Waals surface area contributed by atoms with Crippen molar-refractivity contribution in [2.24, 2.45) is 0 Å². The molecule has 0 aliphatic rings. The number of H-pyrrole nitrogens is 1. The zero-order valence-electron chi connectivity index (χ0n) is 13.2. The standard InChI is InChI=1S/C17H14Cl2N4O2/c1-25-14-7-6-11(18)8-10(14)9-15(24)20-17-21-16(22-23-17)12-4-2-3-5-13(12)19/h2-8H,9H2,1H3,(H2,20,21,22,23,24). The van der Waals surface area contributed by atoms with E-state index in [1.807, 2.05) is 18.2 Å². The van der Waals surface area contributed by atoms with Crippen molar-refractivity contribution < 1.29 is 9.53 Å². The van der Waals surface area contributed by atoms with Crippen LogP contribution in [0.5, 0.6) is 5.75 Å². The third-order valence-corrected chi connectivity index (χ3v) is 4.02. The van der Waals surface area contributed by atoms with Gasteiger partial charge < -0.3 is 4.74 Å². The lowest BCUT2D eigenvalue weighted by Crippen LogP contribution is -2.16. The lowest BCUT2D eigenvalue weighted by Gasteiger charge is -2.08. The molecule has 128 valence electrons. The van der Waals surface area contributed by atoms with Crippen LogP contribution < -0.4 is 10.1 Å². The van der Waals surface area contributed by atoms with Crippen molar-refractivity contribution in [3.8, 4) is 17.1 Å². The summed E-state index contributed by atoms with van der Waals surface area (Å²) in [4.78, 5) is 16.5. The number of nitrogens with zero attached hydrogens (tertiary/aromatic N) is 2. The van der Waals surface area contributed by atoms with Gasteiger partial charge in [0, 0.05) is 16.1 Å². The van der Waals surface area contributed by atoms with Crippen molar-refractivity contribution in [3.05, 3.63) is 58.1 Å². The van der Waals surface area contributed by atoms with E-state index < -0.39 is 0 Å². The molecule has 1 aromatic heterocycles. The zero-order chi connectivity index (χ0) is 17.8. The van der Waals surface area contributed by atoms with Crippen LogP contribution in [-0.2, 0) is 11.2 Å². The van der Waals surface area contributed by atoms with Gasteiger partial charge in [0.15, 0.2) is 5.82 Å². The van der Waals surface area contributed by atoms with Gasteiger partial charge in [-0.3, -0.25) is 15.2 Å². The molecule has 1 heterocycles. The first kappa shape index (κ1) is 17.3. The zero-order valence-corrected chi connectivity index (χ0v) is 14.7. The molecule has 6 nitrogen and oxygen atoms in total. The summed E-state index contributed by atoms with van der Waals surface area (Å²) in [6.45, 7) is 0. The van der Waals surface area contributed by atoms with Crippen LogP contribution in [0.4, 0.5) is 5.95 Å². The number of hydrogen-bond donors (Lipinski definition) is 2. The molecule has 0 radical (unpaired) electrons. The van der Waals surface area contributed by atoms with E-state index in [-0.39, 0.29) is 18.3 Å². The van der Waals surface area contributed by atoms with Gasteiger partial charge in [0.2, 0.25) is 11.9 Å². The SMILES string of the molecule is COc1ccc(Cl)cc1CC(=O)Nc1n[nH]c(-c2ccccc2Cl)n1. The fraction of sp³-hybridized carbons (Fsp3) is 0.118. The van der Waals surface area contributed by atoms with Gasteiger partial charge in [0.1, 0.15) is 5.75 Å². The largest absolute Gasteiger partial charge is 0.496 e. The molecule has 1 amide bonds. The topological polar surface area (TPSA) is 79.9 Å². The molecule has 0 aliphatic heterocycles. The van der Waals surface area contributed by atoms with E-state index in [2.05, 4.69) is 20.5 Å². The Morgan fingerprint density at radius 1 is 1.24 bits per heavy atom. The number of aromatic amines is 1. The highest BCUT2D eigenvalue weighted by Gasteiger charge is 2.13. The molecule has 0 fully saturated rings. The van der Waals surface area contributed by atoms with Crippen molar-refractivity contribution in [1.82, 2.24) is 15.2 Å². The minimum absolute atomic E-state index is 0.0830. The predicted molar refractivity (Wildman–Crippen MR) is 97.2 cm³/mol. The summed E-state index contributed by atoms with van der Waals surface area (Å²) in [5.41, 5.74) is 1.38. The molecule has 8 heteroatoms. The molecule has 3 aromatic rings. The van der Waals surface area contributed by atoms with E-state index in [0.29, 0.717) is 32.7 Å². The number of methoxy groups -OCH3 is 1. The van der Waals surface area contributed by atoms with Crippen LogP contribution in [0.2, 0.25) is 10.0 Å². The van der Waals surface area contributed by atoms with Crippen molar-refractivity contribution in [2.45, 2.75) is 6.42 Å². The Hall–Kier alpha value is -2.57. The summed E-state index contributed by atoms with van der Waals surface area (Å²) in [6, 6.07) is 12.3. The average molecular weight is 377 g/mol. The van der Waals surface area contributed by atoms with Gasteiger partial charge in [-0.2, -0.15) is 4.98 Å². The average Bonchev–Trinajstić information content (AvgIpc) is 3.03. The molecule has 0 aliphatic carbocycles. The molecule has 0 bridgehead atoms.